The molecule has 0 saturated carbocycles. The smallest absolute Gasteiger partial charge is 0.239 e. The lowest BCUT2D eigenvalue weighted by Crippen LogP contribution is -2.48. The van der Waals surface area contributed by atoms with Crippen LogP contribution in [0.4, 0.5) is 0 Å². The highest BCUT2D eigenvalue weighted by Gasteiger charge is 2.24. The second kappa shape index (κ2) is 10.2. The Hall–Kier alpha value is -2.37. The Balaban J connectivity index is 1.54. The van der Waals surface area contributed by atoms with Crippen LogP contribution in [-0.4, -0.2) is 36.0 Å². The average molecular weight is 382 g/mol. The van der Waals surface area contributed by atoms with Crippen molar-refractivity contribution >= 4 is 5.91 Å². The van der Waals surface area contributed by atoms with E-state index in [4.69, 9.17) is 16.2 Å². The van der Waals surface area contributed by atoms with Gasteiger partial charge in [0.15, 0.2) is 0 Å². The van der Waals surface area contributed by atoms with Crippen molar-refractivity contribution in [2.45, 2.75) is 50.8 Å². The third-order valence-corrected chi connectivity index (χ3v) is 5.23. The SMILES string of the molecule is NC(Cc1ccccc1OCc1ccccc1)C[C@H](N)C(=O)N1CCCCC1. The van der Waals surface area contributed by atoms with Gasteiger partial charge in [-0.3, -0.25) is 4.79 Å². The second-order valence-electron chi connectivity index (χ2n) is 7.57. The van der Waals surface area contributed by atoms with Crippen molar-refractivity contribution in [1.82, 2.24) is 4.90 Å². The molecule has 1 amide bonds. The van der Waals surface area contributed by atoms with E-state index in [2.05, 4.69) is 0 Å². The van der Waals surface area contributed by atoms with Crippen LogP contribution in [0.3, 0.4) is 0 Å². The largest absolute Gasteiger partial charge is 0.489 e. The summed E-state index contributed by atoms with van der Waals surface area (Å²) in [6.07, 6.45) is 4.43. The van der Waals surface area contributed by atoms with Gasteiger partial charge in [0.25, 0.3) is 0 Å². The predicted molar refractivity (Wildman–Crippen MR) is 112 cm³/mol. The van der Waals surface area contributed by atoms with Gasteiger partial charge in [-0.25, -0.2) is 0 Å². The molecule has 1 aliphatic heterocycles. The zero-order valence-electron chi connectivity index (χ0n) is 16.4. The zero-order chi connectivity index (χ0) is 19.8. The Morgan fingerprint density at radius 2 is 1.64 bits per heavy atom. The standard InChI is InChI=1S/C23H31N3O2/c24-20(16-21(25)23(27)26-13-7-2-8-14-26)15-19-11-5-6-12-22(19)28-17-18-9-3-1-4-10-18/h1,3-6,9-12,20-21H,2,7-8,13-17,24-25H2/t20?,21-/m0/s1. The van der Waals surface area contributed by atoms with Crippen LogP contribution in [-0.2, 0) is 17.8 Å². The van der Waals surface area contributed by atoms with Crippen molar-refractivity contribution in [3.05, 3.63) is 65.7 Å². The number of benzene rings is 2. The zero-order valence-corrected chi connectivity index (χ0v) is 16.4. The maximum absolute atomic E-state index is 12.5. The van der Waals surface area contributed by atoms with Crippen molar-refractivity contribution in [2.75, 3.05) is 13.1 Å². The van der Waals surface area contributed by atoms with E-state index in [1.165, 1.54) is 6.42 Å². The first kappa shape index (κ1) is 20.4. The van der Waals surface area contributed by atoms with Gasteiger partial charge in [0.2, 0.25) is 5.91 Å². The molecule has 2 atom stereocenters. The molecule has 1 unspecified atom stereocenters. The van der Waals surface area contributed by atoms with Gasteiger partial charge in [0.05, 0.1) is 6.04 Å². The van der Waals surface area contributed by atoms with Crippen molar-refractivity contribution in [1.29, 1.82) is 0 Å². The molecule has 5 heteroatoms. The summed E-state index contributed by atoms with van der Waals surface area (Å²) in [6.45, 7) is 2.15. The Labute approximate surface area is 167 Å². The number of likely N-dealkylation sites (tertiary alicyclic amines) is 1. The molecule has 3 rings (SSSR count). The molecule has 0 radical (unpaired) electrons. The Morgan fingerprint density at radius 1 is 0.964 bits per heavy atom. The summed E-state index contributed by atoms with van der Waals surface area (Å²) in [5.41, 5.74) is 14.7. The number of carbonyl (C=O) groups excluding carboxylic acids is 1. The highest BCUT2D eigenvalue weighted by Crippen LogP contribution is 2.22. The number of para-hydroxylation sites is 1. The van der Waals surface area contributed by atoms with Crippen LogP contribution >= 0.6 is 0 Å². The molecule has 28 heavy (non-hydrogen) atoms. The quantitative estimate of drug-likeness (QED) is 0.737. The summed E-state index contributed by atoms with van der Waals surface area (Å²) >= 11 is 0. The first-order chi connectivity index (χ1) is 13.6. The summed E-state index contributed by atoms with van der Waals surface area (Å²) in [5.74, 6) is 0.862. The first-order valence-electron chi connectivity index (χ1n) is 10.2. The number of amides is 1. The number of nitrogens with two attached hydrogens (primary N) is 2. The monoisotopic (exact) mass is 381 g/mol. The molecular weight excluding hydrogens is 350 g/mol. The normalized spacial score (nSPS) is 16.4. The van der Waals surface area contributed by atoms with Crippen LogP contribution in [0.5, 0.6) is 5.75 Å². The number of piperidine rings is 1. The van der Waals surface area contributed by atoms with E-state index < -0.39 is 6.04 Å². The van der Waals surface area contributed by atoms with Crippen LogP contribution in [0, 0.1) is 0 Å². The number of hydrogen-bond donors (Lipinski definition) is 2. The van der Waals surface area contributed by atoms with Gasteiger partial charge in [-0.2, -0.15) is 0 Å². The predicted octanol–water partition coefficient (Wildman–Crippen LogP) is 2.87. The minimum atomic E-state index is -0.537. The van der Waals surface area contributed by atoms with Crippen molar-refractivity contribution in [3.63, 3.8) is 0 Å². The van der Waals surface area contributed by atoms with Crippen molar-refractivity contribution in [3.8, 4) is 5.75 Å². The maximum Gasteiger partial charge on any atom is 0.239 e. The van der Waals surface area contributed by atoms with Crippen LogP contribution in [0.2, 0.25) is 0 Å². The van der Waals surface area contributed by atoms with Crippen LogP contribution in [0.1, 0.15) is 36.8 Å². The van der Waals surface area contributed by atoms with Gasteiger partial charge in [-0.05, 0) is 49.3 Å². The van der Waals surface area contributed by atoms with E-state index in [1.807, 2.05) is 59.5 Å². The summed E-state index contributed by atoms with van der Waals surface area (Å²) in [5, 5.41) is 0. The molecule has 150 valence electrons. The Morgan fingerprint density at radius 3 is 2.39 bits per heavy atom. The number of carbonyl (C=O) groups is 1. The van der Waals surface area contributed by atoms with E-state index in [0.29, 0.717) is 19.4 Å². The van der Waals surface area contributed by atoms with Crippen LogP contribution in [0.25, 0.3) is 0 Å². The van der Waals surface area contributed by atoms with Crippen molar-refractivity contribution < 1.29 is 9.53 Å². The highest BCUT2D eigenvalue weighted by molar-refractivity contribution is 5.81. The number of nitrogens with zero attached hydrogens (tertiary/aromatic N) is 1. The Kier molecular flexibility index (Phi) is 7.46. The lowest BCUT2D eigenvalue weighted by molar-refractivity contribution is -0.133. The molecule has 0 aromatic heterocycles. The maximum atomic E-state index is 12.5. The average Bonchev–Trinajstić information content (AvgIpc) is 2.74. The van der Waals surface area contributed by atoms with E-state index in [9.17, 15) is 4.79 Å². The van der Waals surface area contributed by atoms with E-state index >= 15 is 0 Å². The topological polar surface area (TPSA) is 81.6 Å². The van der Waals surface area contributed by atoms with E-state index in [-0.39, 0.29) is 11.9 Å². The van der Waals surface area contributed by atoms with E-state index in [1.54, 1.807) is 0 Å². The molecule has 2 aromatic carbocycles. The molecule has 1 aliphatic rings. The summed E-state index contributed by atoms with van der Waals surface area (Å²) in [4.78, 5) is 14.4. The second-order valence-corrected chi connectivity index (χ2v) is 7.57. The number of hydrogen-bond acceptors (Lipinski definition) is 4. The summed E-state index contributed by atoms with van der Waals surface area (Å²) in [7, 11) is 0. The molecule has 4 N–H and O–H groups in total. The number of ether oxygens (including phenoxy) is 1. The fourth-order valence-corrected chi connectivity index (χ4v) is 3.69. The molecule has 1 fully saturated rings. The van der Waals surface area contributed by atoms with Gasteiger partial charge in [-0.15, -0.1) is 0 Å². The molecule has 0 aliphatic carbocycles. The van der Waals surface area contributed by atoms with E-state index in [0.717, 1.165) is 42.8 Å². The minimum Gasteiger partial charge on any atom is -0.489 e. The Bertz CT molecular complexity index is 745. The van der Waals surface area contributed by atoms with Gasteiger partial charge in [0.1, 0.15) is 12.4 Å². The third kappa shape index (κ3) is 5.81. The lowest BCUT2D eigenvalue weighted by atomic mass is 9.98. The lowest BCUT2D eigenvalue weighted by Gasteiger charge is -2.30. The molecular formula is C23H31N3O2. The minimum absolute atomic E-state index is 0.0313. The van der Waals surface area contributed by atoms with Crippen LogP contribution < -0.4 is 16.2 Å². The molecule has 5 nitrogen and oxygen atoms in total. The highest BCUT2D eigenvalue weighted by atomic mass is 16.5. The van der Waals surface area contributed by atoms with Crippen molar-refractivity contribution in [2.24, 2.45) is 11.5 Å². The molecule has 1 heterocycles. The van der Waals surface area contributed by atoms with Crippen LogP contribution in [0.15, 0.2) is 54.6 Å². The molecule has 0 spiro atoms. The third-order valence-electron chi connectivity index (χ3n) is 5.23. The first-order valence-corrected chi connectivity index (χ1v) is 10.2. The molecule has 0 bridgehead atoms. The fourth-order valence-electron chi connectivity index (χ4n) is 3.69. The van der Waals surface area contributed by atoms with Gasteiger partial charge < -0.3 is 21.1 Å². The van der Waals surface area contributed by atoms with Gasteiger partial charge in [-0.1, -0.05) is 48.5 Å². The summed E-state index contributed by atoms with van der Waals surface area (Å²) in [6, 6.07) is 17.3. The summed E-state index contributed by atoms with van der Waals surface area (Å²) < 4.78 is 6.01. The fraction of sp³-hybridized carbons (Fsp3) is 0.435. The molecule has 1 saturated heterocycles. The molecule has 2 aromatic rings. The van der Waals surface area contributed by atoms with Gasteiger partial charge >= 0.3 is 0 Å². The number of rotatable bonds is 8. The van der Waals surface area contributed by atoms with Gasteiger partial charge in [0, 0.05) is 19.1 Å².